The highest BCUT2D eigenvalue weighted by molar-refractivity contribution is 5.77. The first kappa shape index (κ1) is 11.4. The van der Waals surface area contributed by atoms with Crippen molar-refractivity contribution in [3.05, 3.63) is 0 Å². The molecule has 0 rings (SSSR count). The minimum Gasteiger partial charge on any atom is -0.370 e. The summed E-state index contributed by atoms with van der Waals surface area (Å²) in [4.78, 5) is 10.9. The number of ether oxygens (including phenoxy) is 1. The zero-order valence-corrected chi connectivity index (χ0v) is 7.43. The molecule has 0 aromatic heterocycles. The third-order valence-electron chi connectivity index (χ3n) is 1.19. The molecule has 0 radical (unpaired) electrons. The molecule has 1 amide bonds. The van der Waals surface area contributed by atoms with Crippen LogP contribution in [0, 0.1) is 0 Å². The monoisotopic (exact) mass is 175 g/mol. The van der Waals surface area contributed by atoms with Gasteiger partial charge in [0.2, 0.25) is 5.91 Å². The second kappa shape index (κ2) is 8.45. The minimum atomic E-state index is -0.0984. The first-order valence-electron chi connectivity index (χ1n) is 4.00. The van der Waals surface area contributed by atoms with Crippen LogP contribution < -0.4 is 16.4 Å². The number of nitrogens with two attached hydrogens (primary N) is 1. The SMILES string of the molecule is CNCCNC(=O)COCCN. The molecule has 0 aliphatic rings. The summed E-state index contributed by atoms with van der Waals surface area (Å²) >= 11 is 0. The van der Waals surface area contributed by atoms with Crippen LogP contribution in [0.3, 0.4) is 0 Å². The van der Waals surface area contributed by atoms with E-state index in [1.807, 2.05) is 7.05 Å². The van der Waals surface area contributed by atoms with Crippen LogP contribution in [0.1, 0.15) is 0 Å². The Bertz CT molecular complexity index is 107. The van der Waals surface area contributed by atoms with Crippen molar-refractivity contribution < 1.29 is 9.53 Å². The number of hydrogen-bond acceptors (Lipinski definition) is 4. The smallest absolute Gasteiger partial charge is 0.246 e. The van der Waals surface area contributed by atoms with E-state index in [9.17, 15) is 4.79 Å². The summed E-state index contributed by atoms with van der Waals surface area (Å²) in [6.07, 6.45) is 0. The Labute approximate surface area is 72.6 Å². The van der Waals surface area contributed by atoms with Gasteiger partial charge in [-0.15, -0.1) is 0 Å². The molecule has 5 nitrogen and oxygen atoms in total. The van der Waals surface area contributed by atoms with E-state index in [-0.39, 0.29) is 12.5 Å². The fourth-order valence-electron chi connectivity index (χ4n) is 0.626. The molecule has 0 aromatic rings. The van der Waals surface area contributed by atoms with Gasteiger partial charge in [0.25, 0.3) is 0 Å². The topological polar surface area (TPSA) is 76.4 Å². The van der Waals surface area contributed by atoms with E-state index >= 15 is 0 Å². The third kappa shape index (κ3) is 7.46. The minimum absolute atomic E-state index is 0.0981. The predicted molar refractivity (Wildman–Crippen MR) is 46.8 cm³/mol. The molecule has 0 saturated heterocycles. The van der Waals surface area contributed by atoms with Gasteiger partial charge in [-0.25, -0.2) is 0 Å². The van der Waals surface area contributed by atoms with Gasteiger partial charge in [0, 0.05) is 19.6 Å². The maximum atomic E-state index is 10.9. The van der Waals surface area contributed by atoms with Gasteiger partial charge in [0.05, 0.1) is 6.61 Å². The van der Waals surface area contributed by atoms with Crippen LogP contribution in [0.25, 0.3) is 0 Å². The molecule has 0 aromatic carbocycles. The van der Waals surface area contributed by atoms with Crippen LogP contribution in [-0.2, 0) is 9.53 Å². The van der Waals surface area contributed by atoms with E-state index in [0.29, 0.717) is 19.7 Å². The van der Waals surface area contributed by atoms with Crippen molar-refractivity contribution in [2.45, 2.75) is 0 Å². The number of carbonyl (C=O) groups is 1. The Morgan fingerprint density at radius 1 is 1.50 bits per heavy atom. The number of amides is 1. The average Bonchev–Trinajstić information content (AvgIpc) is 2.06. The molecule has 0 fully saturated rings. The molecule has 0 bridgehead atoms. The quantitative estimate of drug-likeness (QED) is 0.403. The van der Waals surface area contributed by atoms with Gasteiger partial charge in [-0.1, -0.05) is 0 Å². The number of likely N-dealkylation sites (N-methyl/N-ethyl adjacent to an activating group) is 1. The Morgan fingerprint density at radius 2 is 2.25 bits per heavy atom. The van der Waals surface area contributed by atoms with Gasteiger partial charge in [-0.05, 0) is 7.05 Å². The van der Waals surface area contributed by atoms with Gasteiger partial charge in [-0.3, -0.25) is 4.79 Å². The number of hydrogen-bond donors (Lipinski definition) is 3. The molecule has 0 atom stereocenters. The largest absolute Gasteiger partial charge is 0.370 e. The van der Waals surface area contributed by atoms with Crippen LogP contribution in [0.5, 0.6) is 0 Å². The van der Waals surface area contributed by atoms with E-state index in [0.717, 1.165) is 6.54 Å². The lowest BCUT2D eigenvalue weighted by atomic mass is 10.5. The van der Waals surface area contributed by atoms with E-state index in [4.69, 9.17) is 10.5 Å². The van der Waals surface area contributed by atoms with E-state index in [2.05, 4.69) is 10.6 Å². The van der Waals surface area contributed by atoms with Crippen LogP contribution >= 0.6 is 0 Å². The molecule has 5 heteroatoms. The summed E-state index contributed by atoms with van der Waals surface area (Å²) in [5, 5.41) is 5.59. The highest BCUT2D eigenvalue weighted by Gasteiger charge is 1.98. The molecule has 4 N–H and O–H groups in total. The standard InChI is InChI=1S/C7H17N3O2/c1-9-3-4-10-7(11)6-12-5-2-8/h9H,2-6,8H2,1H3,(H,10,11). The van der Waals surface area contributed by atoms with Crippen molar-refractivity contribution in [1.29, 1.82) is 0 Å². The summed E-state index contributed by atoms with van der Waals surface area (Å²) in [7, 11) is 1.83. The highest BCUT2D eigenvalue weighted by atomic mass is 16.5. The van der Waals surface area contributed by atoms with Crippen LogP contribution in [-0.4, -0.2) is 45.8 Å². The van der Waals surface area contributed by atoms with Gasteiger partial charge in [-0.2, -0.15) is 0 Å². The normalized spacial score (nSPS) is 9.83. The van der Waals surface area contributed by atoms with E-state index in [1.54, 1.807) is 0 Å². The average molecular weight is 175 g/mol. The van der Waals surface area contributed by atoms with E-state index in [1.165, 1.54) is 0 Å². The van der Waals surface area contributed by atoms with Crippen molar-refractivity contribution in [3.63, 3.8) is 0 Å². The zero-order valence-electron chi connectivity index (χ0n) is 7.43. The molecule has 12 heavy (non-hydrogen) atoms. The second-order valence-corrected chi connectivity index (χ2v) is 2.29. The fourth-order valence-corrected chi connectivity index (χ4v) is 0.626. The first-order chi connectivity index (χ1) is 5.81. The Hall–Kier alpha value is -0.650. The lowest BCUT2D eigenvalue weighted by Crippen LogP contribution is -2.33. The first-order valence-corrected chi connectivity index (χ1v) is 4.00. The summed E-state index contributed by atoms with van der Waals surface area (Å²) in [6, 6.07) is 0. The van der Waals surface area contributed by atoms with Crippen LogP contribution in [0.2, 0.25) is 0 Å². The highest BCUT2D eigenvalue weighted by Crippen LogP contribution is 1.72. The Kier molecular flexibility index (Phi) is 7.99. The maximum absolute atomic E-state index is 10.9. The summed E-state index contributed by atoms with van der Waals surface area (Å²) in [5.41, 5.74) is 5.17. The van der Waals surface area contributed by atoms with Crippen LogP contribution in [0.4, 0.5) is 0 Å². The predicted octanol–water partition coefficient (Wildman–Crippen LogP) is -1.70. The Morgan fingerprint density at radius 3 is 2.83 bits per heavy atom. The lowest BCUT2D eigenvalue weighted by Gasteiger charge is -2.04. The fraction of sp³-hybridized carbons (Fsp3) is 0.857. The summed E-state index contributed by atoms with van der Waals surface area (Å²) < 4.78 is 4.92. The van der Waals surface area contributed by atoms with Gasteiger partial charge >= 0.3 is 0 Å². The van der Waals surface area contributed by atoms with Crippen molar-refractivity contribution in [2.75, 3.05) is 39.9 Å². The van der Waals surface area contributed by atoms with Gasteiger partial charge in [0.15, 0.2) is 0 Å². The van der Waals surface area contributed by atoms with Crippen molar-refractivity contribution >= 4 is 5.91 Å². The summed E-state index contributed by atoms with van der Waals surface area (Å²) in [6.45, 7) is 2.37. The summed E-state index contributed by atoms with van der Waals surface area (Å²) in [5.74, 6) is -0.0984. The van der Waals surface area contributed by atoms with E-state index < -0.39 is 0 Å². The zero-order chi connectivity index (χ0) is 9.23. The molecule has 72 valence electrons. The number of nitrogens with one attached hydrogen (secondary N) is 2. The molecule has 0 spiro atoms. The molecular formula is C7H17N3O2. The molecule has 0 saturated carbocycles. The molecule has 0 aliphatic carbocycles. The van der Waals surface area contributed by atoms with Crippen molar-refractivity contribution in [2.24, 2.45) is 5.73 Å². The molecule has 0 heterocycles. The second-order valence-electron chi connectivity index (χ2n) is 2.29. The number of rotatable bonds is 7. The Balaban J connectivity index is 3.10. The van der Waals surface area contributed by atoms with Crippen molar-refractivity contribution in [1.82, 2.24) is 10.6 Å². The number of carbonyl (C=O) groups excluding carboxylic acids is 1. The third-order valence-corrected chi connectivity index (χ3v) is 1.19. The van der Waals surface area contributed by atoms with Gasteiger partial charge < -0.3 is 21.1 Å². The van der Waals surface area contributed by atoms with Crippen molar-refractivity contribution in [3.8, 4) is 0 Å². The van der Waals surface area contributed by atoms with Crippen LogP contribution in [0.15, 0.2) is 0 Å². The molecular weight excluding hydrogens is 158 g/mol. The lowest BCUT2D eigenvalue weighted by molar-refractivity contribution is -0.125. The van der Waals surface area contributed by atoms with Gasteiger partial charge in [0.1, 0.15) is 6.61 Å². The molecule has 0 aliphatic heterocycles. The molecule has 0 unspecified atom stereocenters. The maximum Gasteiger partial charge on any atom is 0.246 e.